The van der Waals surface area contributed by atoms with Crippen molar-refractivity contribution in [3.05, 3.63) is 57.9 Å². The molecular weight excluding hydrogens is 286 g/mol. The number of pyridine rings is 1. The van der Waals surface area contributed by atoms with Crippen LogP contribution in [-0.2, 0) is 0 Å². The number of aryl methyl sites for hydroxylation is 2. The predicted octanol–water partition coefficient (Wildman–Crippen LogP) is 3.88. The van der Waals surface area contributed by atoms with E-state index in [1.807, 2.05) is 0 Å². The SMILES string of the molecule is Cc1cnc(Cl)c(NC(=O)c2cc(C)c(F)cc2F)c1. The number of carbonyl (C=O) groups is 1. The Balaban J connectivity index is 2.33. The minimum atomic E-state index is -0.928. The first-order chi connectivity index (χ1) is 9.38. The molecule has 1 N–H and O–H groups in total. The molecule has 0 saturated carbocycles. The van der Waals surface area contributed by atoms with Gasteiger partial charge in [-0.05, 0) is 37.1 Å². The highest BCUT2D eigenvalue weighted by Gasteiger charge is 2.16. The molecule has 3 nitrogen and oxygen atoms in total. The first-order valence-corrected chi connectivity index (χ1v) is 6.15. The van der Waals surface area contributed by atoms with Gasteiger partial charge in [-0.15, -0.1) is 0 Å². The zero-order valence-corrected chi connectivity index (χ0v) is 11.6. The number of rotatable bonds is 2. The minimum Gasteiger partial charge on any atom is -0.319 e. The Morgan fingerprint density at radius 2 is 1.90 bits per heavy atom. The molecule has 6 heteroatoms. The number of nitrogens with zero attached hydrogens (tertiary/aromatic N) is 1. The molecule has 0 spiro atoms. The topological polar surface area (TPSA) is 42.0 Å². The maximum atomic E-state index is 13.6. The molecule has 0 fully saturated rings. The molecule has 104 valence electrons. The second-order valence-electron chi connectivity index (χ2n) is 4.39. The molecule has 1 heterocycles. The van der Waals surface area contributed by atoms with Gasteiger partial charge >= 0.3 is 0 Å². The lowest BCUT2D eigenvalue weighted by Gasteiger charge is -2.09. The normalized spacial score (nSPS) is 10.4. The number of hydrogen-bond acceptors (Lipinski definition) is 2. The van der Waals surface area contributed by atoms with Gasteiger partial charge in [0.25, 0.3) is 5.91 Å². The van der Waals surface area contributed by atoms with Gasteiger partial charge in [-0.25, -0.2) is 13.8 Å². The Kier molecular flexibility index (Phi) is 3.99. The molecule has 0 saturated heterocycles. The van der Waals surface area contributed by atoms with E-state index in [4.69, 9.17) is 11.6 Å². The molecule has 0 aliphatic heterocycles. The standard InChI is InChI=1S/C14H11ClF2N2O/c1-7-3-12(13(15)18-6-7)19-14(20)9-4-8(2)10(16)5-11(9)17/h3-6H,1-2H3,(H,19,20). The van der Waals surface area contributed by atoms with Crippen LogP contribution in [0.4, 0.5) is 14.5 Å². The number of hydrogen-bond donors (Lipinski definition) is 1. The van der Waals surface area contributed by atoms with Gasteiger partial charge in [0, 0.05) is 12.3 Å². The summed E-state index contributed by atoms with van der Waals surface area (Å²) in [6.45, 7) is 3.23. The molecular formula is C14H11ClF2N2O. The third-order valence-electron chi connectivity index (χ3n) is 2.72. The highest BCUT2D eigenvalue weighted by molar-refractivity contribution is 6.32. The summed E-state index contributed by atoms with van der Waals surface area (Å²) in [5.41, 5.74) is 1.00. The molecule has 1 amide bonds. The number of benzene rings is 1. The fourth-order valence-electron chi connectivity index (χ4n) is 1.66. The van der Waals surface area contributed by atoms with Crippen molar-refractivity contribution < 1.29 is 13.6 Å². The van der Waals surface area contributed by atoms with Crippen molar-refractivity contribution in [1.82, 2.24) is 4.98 Å². The number of nitrogens with one attached hydrogen (secondary N) is 1. The average molecular weight is 297 g/mol. The highest BCUT2D eigenvalue weighted by atomic mass is 35.5. The van der Waals surface area contributed by atoms with Gasteiger partial charge in [0.15, 0.2) is 5.15 Å². The van der Waals surface area contributed by atoms with E-state index >= 15 is 0 Å². The van der Waals surface area contributed by atoms with Crippen molar-refractivity contribution in [2.24, 2.45) is 0 Å². The van der Waals surface area contributed by atoms with Crippen molar-refractivity contribution in [3.63, 3.8) is 0 Å². The molecule has 0 bridgehead atoms. The lowest BCUT2D eigenvalue weighted by Crippen LogP contribution is -2.15. The predicted molar refractivity (Wildman–Crippen MR) is 73.0 cm³/mol. The maximum absolute atomic E-state index is 13.6. The van der Waals surface area contributed by atoms with Crippen LogP contribution in [0.5, 0.6) is 0 Å². The smallest absolute Gasteiger partial charge is 0.258 e. The molecule has 20 heavy (non-hydrogen) atoms. The lowest BCUT2D eigenvalue weighted by molar-refractivity contribution is 0.102. The first kappa shape index (κ1) is 14.4. The van der Waals surface area contributed by atoms with Gasteiger partial charge in [0.05, 0.1) is 11.3 Å². The van der Waals surface area contributed by atoms with Gasteiger partial charge < -0.3 is 5.32 Å². The van der Waals surface area contributed by atoms with Crippen LogP contribution in [0.25, 0.3) is 0 Å². The monoisotopic (exact) mass is 296 g/mol. The summed E-state index contributed by atoms with van der Waals surface area (Å²) in [6.07, 6.45) is 1.54. The Labute approximate surface area is 119 Å². The first-order valence-electron chi connectivity index (χ1n) is 5.77. The molecule has 0 unspecified atom stereocenters. The Hall–Kier alpha value is -2.01. The van der Waals surface area contributed by atoms with E-state index in [1.165, 1.54) is 6.92 Å². The summed E-state index contributed by atoms with van der Waals surface area (Å²) >= 11 is 5.84. The number of anilines is 1. The molecule has 0 aliphatic rings. The van der Waals surface area contributed by atoms with E-state index in [0.717, 1.165) is 11.6 Å². The third kappa shape index (κ3) is 2.93. The zero-order chi connectivity index (χ0) is 14.9. The summed E-state index contributed by atoms with van der Waals surface area (Å²) in [5, 5.41) is 2.56. The van der Waals surface area contributed by atoms with Crippen molar-refractivity contribution >= 4 is 23.2 Å². The summed E-state index contributed by atoms with van der Waals surface area (Å²) in [4.78, 5) is 15.9. The average Bonchev–Trinajstić information content (AvgIpc) is 2.38. The van der Waals surface area contributed by atoms with Crippen LogP contribution in [0.1, 0.15) is 21.5 Å². The zero-order valence-electron chi connectivity index (χ0n) is 10.8. The molecule has 1 aromatic carbocycles. The van der Waals surface area contributed by atoms with E-state index in [2.05, 4.69) is 10.3 Å². The van der Waals surface area contributed by atoms with Gasteiger partial charge in [0.2, 0.25) is 0 Å². The van der Waals surface area contributed by atoms with E-state index in [1.54, 1.807) is 19.2 Å². The molecule has 1 aromatic heterocycles. The van der Waals surface area contributed by atoms with Crippen molar-refractivity contribution in [3.8, 4) is 0 Å². The van der Waals surface area contributed by atoms with Gasteiger partial charge in [0.1, 0.15) is 11.6 Å². The van der Waals surface area contributed by atoms with Gasteiger partial charge in [-0.2, -0.15) is 0 Å². The second kappa shape index (κ2) is 5.54. The number of halogens is 3. The summed E-state index contributed by atoms with van der Waals surface area (Å²) < 4.78 is 26.8. The molecule has 2 aromatic rings. The maximum Gasteiger partial charge on any atom is 0.258 e. The molecule has 0 atom stereocenters. The summed E-state index contributed by atoms with van der Waals surface area (Å²) in [7, 11) is 0. The molecule has 0 aliphatic carbocycles. The molecule has 2 rings (SSSR count). The van der Waals surface area contributed by atoms with Crippen molar-refractivity contribution in [2.75, 3.05) is 5.32 Å². The van der Waals surface area contributed by atoms with Gasteiger partial charge in [-0.3, -0.25) is 4.79 Å². The van der Waals surface area contributed by atoms with Gasteiger partial charge in [-0.1, -0.05) is 11.6 Å². The van der Waals surface area contributed by atoms with Crippen LogP contribution in [-0.4, -0.2) is 10.9 Å². The number of carbonyl (C=O) groups excluding carboxylic acids is 1. The minimum absolute atomic E-state index is 0.100. The van der Waals surface area contributed by atoms with Crippen LogP contribution in [0.3, 0.4) is 0 Å². The Morgan fingerprint density at radius 1 is 1.20 bits per heavy atom. The number of aromatic nitrogens is 1. The van der Waals surface area contributed by atoms with E-state index in [-0.39, 0.29) is 22.0 Å². The van der Waals surface area contributed by atoms with Crippen LogP contribution in [0.2, 0.25) is 5.15 Å². The van der Waals surface area contributed by atoms with Crippen LogP contribution < -0.4 is 5.32 Å². The summed E-state index contributed by atoms with van der Waals surface area (Å²) in [6, 6.07) is 3.44. The summed E-state index contributed by atoms with van der Waals surface area (Å²) in [5.74, 6) is -2.34. The second-order valence-corrected chi connectivity index (χ2v) is 4.74. The fourth-order valence-corrected chi connectivity index (χ4v) is 1.81. The highest BCUT2D eigenvalue weighted by Crippen LogP contribution is 2.22. The van der Waals surface area contributed by atoms with E-state index in [0.29, 0.717) is 6.07 Å². The Morgan fingerprint density at radius 3 is 2.60 bits per heavy atom. The van der Waals surface area contributed by atoms with Crippen LogP contribution in [0, 0.1) is 25.5 Å². The van der Waals surface area contributed by atoms with E-state index in [9.17, 15) is 13.6 Å². The third-order valence-corrected chi connectivity index (χ3v) is 3.02. The Bertz CT molecular complexity index is 689. The van der Waals surface area contributed by atoms with E-state index < -0.39 is 17.5 Å². The quantitative estimate of drug-likeness (QED) is 0.855. The van der Waals surface area contributed by atoms with Crippen molar-refractivity contribution in [1.29, 1.82) is 0 Å². The fraction of sp³-hybridized carbons (Fsp3) is 0.143. The lowest BCUT2D eigenvalue weighted by atomic mass is 10.1. The largest absolute Gasteiger partial charge is 0.319 e. The van der Waals surface area contributed by atoms with Crippen LogP contribution in [0.15, 0.2) is 24.4 Å². The molecule has 0 radical (unpaired) electrons. The van der Waals surface area contributed by atoms with Crippen LogP contribution >= 0.6 is 11.6 Å². The van der Waals surface area contributed by atoms with Crippen molar-refractivity contribution in [2.45, 2.75) is 13.8 Å². The number of amides is 1.